The summed E-state index contributed by atoms with van der Waals surface area (Å²) in [5, 5.41) is 3.45. The molecule has 184 valence electrons. The standard InChI is InChI=1S/C21H29F3N4O4S/c1-20(2,3)32-19(29)27-15-6-12(7-16(15)31-11-30-5)28(4)17-14-8-13(9-21(22,23)24)33-18(14)26-10-25-17/h8,10,12,15-16H,6-7,9,11H2,1-5H3,(H,27,29)/t12-,15+,16-/m0/s1. The van der Waals surface area contributed by atoms with Crippen LogP contribution in [0.3, 0.4) is 0 Å². The molecule has 1 aliphatic carbocycles. The van der Waals surface area contributed by atoms with E-state index in [1.54, 1.807) is 20.8 Å². The molecule has 0 spiro atoms. The van der Waals surface area contributed by atoms with Crippen molar-refractivity contribution in [2.75, 3.05) is 25.9 Å². The average molecular weight is 491 g/mol. The van der Waals surface area contributed by atoms with Crippen molar-refractivity contribution in [1.29, 1.82) is 0 Å². The Hall–Kier alpha value is -2.18. The van der Waals surface area contributed by atoms with Crippen molar-refractivity contribution in [2.45, 2.75) is 70.0 Å². The molecule has 1 aliphatic rings. The fourth-order valence-corrected chi connectivity index (χ4v) is 4.89. The van der Waals surface area contributed by atoms with E-state index >= 15 is 0 Å². The molecule has 2 aromatic rings. The highest BCUT2D eigenvalue weighted by Crippen LogP contribution is 2.36. The summed E-state index contributed by atoms with van der Waals surface area (Å²) in [4.78, 5) is 23.4. The molecule has 0 saturated heterocycles. The summed E-state index contributed by atoms with van der Waals surface area (Å²) < 4.78 is 54.8. The minimum atomic E-state index is -4.29. The van der Waals surface area contributed by atoms with Crippen LogP contribution < -0.4 is 10.2 Å². The van der Waals surface area contributed by atoms with Gasteiger partial charge in [0.05, 0.1) is 24.0 Å². The smallest absolute Gasteiger partial charge is 0.407 e. The molecule has 0 aromatic carbocycles. The van der Waals surface area contributed by atoms with Crippen molar-refractivity contribution in [3.63, 3.8) is 0 Å². The van der Waals surface area contributed by atoms with E-state index in [0.29, 0.717) is 28.9 Å². The number of amides is 1. The lowest BCUT2D eigenvalue weighted by atomic mass is 10.2. The first-order valence-electron chi connectivity index (χ1n) is 10.5. The maximum atomic E-state index is 12.9. The third-order valence-corrected chi connectivity index (χ3v) is 6.24. The highest BCUT2D eigenvalue weighted by molar-refractivity contribution is 7.18. The third-order valence-electron chi connectivity index (χ3n) is 5.20. The summed E-state index contributed by atoms with van der Waals surface area (Å²) in [7, 11) is 3.35. The van der Waals surface area contributed by atoms with E-state index in [1.165, 1.54) is 19.5 Å². The zero-order valence-corrected chi connectivity index (χ0v) is 20.0. The minimum Gasteiger partial charge on any atom is -0.444 e. The molecule has 1 saturated carbocycles. The van der Waals surface area contributed by atoms with Gasteiger partial charge < -0.3 is 24.4 Å². The van der Waals surface area contributed by atoms with Crippen LogP contribution in [0.2, 0.25) is 0 Å². The lowest BCUT2D eigenvalue weighted by Crippen LogP contribution is -2.44. The van der Waals surface area contributed by atoms with Gasteiger partial charge in [-0.25, -0.2) is 14.8 Å². The Morgan fingerprint density at radius 3 is 2.64 bits per heavy atom. The zero-order chi connectivity index (χ0) is 24.4. The molecule has 12 heteroatoms. The number of rotatable bonds is 7. The first-order chi connectivity index (χ1) is 15.4. The largest absolute Gasteiger partial charge is 0.444 e. The number of methoxy groups -OCH3 is 1. The number of ether oxygens (including phenoxy) is 3. The Kier molecular flexibility index (Phi) is 7.69. The molecule has 1 N–H and O–H groups in total. The number of nitrogens with one attached hydrogen (secondary N) is 1. The molecule has 0 bridgehead atoms. The van der Waals surface area contributed by atoms with Crippen LogP contribution in [0, 0.1) is 0 Å². The van der Waals surface area contributed by atoms with Gasteiger partial charge in [-0.3, -0.25) is 0 Å². The van der Waals surface area contributed by atoms with Gasteiger partial charge in [0.15, 0.2) is 0 Å². The van der Waals surface area contributed by atoms with Crippen molar-refractivity contribution < 1.29 is 32.2 Å². The van der Waals surface area contributed by atoms with Gasteiger partial charge in [0.1, 0.15) is 29.4 Å². The molecule has 0 unspecified atom stereocenters. The van der Waals surface area contributed by atoms with Crippen molar-refractivity contribution in [3.05, 3.63) is 17.3 Å². The SMILES string of the molecule is COCO[C@H]1C[C@@H](N(C)c2ncnc3sc(CC(F)(F)F)cc23)C[C@H]1NC(=O)OC(C)(C)C. The van der Waals surface area contributed by atoms with Crippen LogP contribution in [0.1, 0.15) is 38.5 Å². The fraction of sp³-hybridized carbons (Fsp3) is 0.667. The number of fused-ring (bicyclic) bond motifs is 1. The lowest BCUT2D eigenvalue weighted by Gasteiger charge is -2.26. The van der Waals surface area contributed by atoms with Gasteiger partial charge in [0, 0.05) is 25.1 Å². The van der Waals surface area contributed by atoms with Crippen molar-refractivity contribution in [2.24, 2.45) is 0 Å². The molecule has 33 heavy (non-hydrogen) atoms. The fourth-order valence-electron chi connectivity index (χ4n) is 3.87. The second-order valence-electron chi connectivity index (χ2n) is 9.02. The highest BCUT2D eigenvalue weighted by Gasteiger charge is 2.39. The molecular formula is C21H29F3N4O4S. The predicted molar refractivity (Wildman–Crippen MR) is 119 cm³/mol. The van der Waals surface area contributed by atoms with Crippen molar-refractivity contribution in [3.8, 4) is 0 Å². The summed E-state index contributed by atoms with van der Waals surface area (Å²) in [5.41, 5.74) is -0.637. The number of carbonyl (C=O) groups is 1. The van der Waals surface area contributed by atoms with Crippen LogP contribution in [0.5, 0.6) is 0 Å². The van der Waals surface area contributed by atoms with E-state index in [2.05, 4.69) is 15.3 Å². The van der Waals surface area contributed by atoms with Crippen molar-refractivity contribution in [1.82, 2.24) is 15.3 Å². The molecule has 2 heterocycles. The number of alkyl halides is 3. The van der Waals surface area contributed by atoms with Crippen LogP contribution in [0.4, 0.5) is 23.8 Å². The van der Waals surface area contributed by atoms with Crippen LogP contribution >= 0.6 is 11.3 Å². The van der Waals surface area contributed by atoms with Gasteiger partial charge in [0.25, 0.3) is 0 Å². The van der Waals surface area contributed by atoms with Crippen molar-refractivity contribution >= 4 is 33.5 Å². The van der Waals surface area contributed by atoms with E-state index in [1.807, 2.05) is 11.9 Å². The Bertz CT molecular complexity index is 963. The molecule has 1 amide bonds. The molecule has 1 fully saturated rings. The first-order valence-corrected chi connectivity index (χ1v) is 11.3. The van der Waals surface area contributed by atoms with Crippen LogP contribution in [0.15, 0.2) is 12.4 Å². The number of hydrogen-bond donors (Lipinski definition) is 1. The number of carbonyl (C=O) groups excluding carboxylic acids is 1. The Labute approximate surface area is 194 Å². The number of nitrogens with zero attached hydrogens (tertiary/aromatic N) is 3. The Balaban J connectivity index is 1.79. The zero-order valence-electron chi connectivity index (χ0n) is 19.2. The topological polar surface area (TPSA) is 85.8 Å². The van der Waals surface area contributed by atoms with Gasteiger partial charge in [-0.05, 0) is 39.7 Å². The average Bonchev–Trinajstić information content (AvgIpc) is 3.25. The van der Waals surface area contributed by atoms with E-state index < -0.39 is 24.3 Å². The molecule has 3 atom stereocenters. The molecule has 0 radical (unpaired) electrons. The summed E-state index contributed by atoms with van der Waals surface area (Å²) >= 11 is 1.01. The number of hydrogen-bond acceptors (Lipinski definition) is 8. The monoisotopic (exact) mass is 490 g/mol. The predicted octanol–water partition coefficient (Wildman–Crippen LogP) is 4.28. The van der Waals surface area contributed by atoms with Crippen LogP contribution in [-0.2, 0) is 20.6 Å². The van der Waals surface area contributed by atoms with Gasteiger partial charge >= 0.3 is 12.3 Å². The molecule has 2 aromatic heterocycles. The van der Waals surface area contributed by atoms with E-state index in [0.717, 1.165) is 11.3 Å². The minimum absolute atomic E-state index is 0.0662. The molecular weight excluding hydrogens is 461 g/mol. The maximum Gasteiger partial charge on any atom is 0.407 e. The first kappa shape index (κ1) is 25.4. The normalized spacial score (nSPS) is 21.4. The highest BCUT2D eigenvalue weighted by atomic mass is 32.1. The number of alkyl carbamates (subject to hydrolysis) is 1. The summed E-state index contributed by atoms with van der Waals surface area (Å²) in [6, 6.07) is 1.09. The Morgan fingerprint density at radius 1 is 1.27 bits per heavy atom. The third kappa shape index (κ3) is 6.90. The second kappa shape index (κ2) is 9.98. The second-order valence-corrected chi connectivity index (χ2v) is 10.1. The molecule has 8 nitrogen and oxygen atoms in total. The molecule has 3 rings (SSSR count). The number of aromatic nitrogens is 2. The summed E-state index contributed by atoms with van der Waals surface area (Å²) in [6.07, 6.45) is -3.72. The van der Waals surface area contributed by atoms with E-state index in [4.69, 9.17) is 14.2 Å². The van der Waals surface area contributed by atoms with E-state index in [-0.39, 0.29) is 29.9 Å². The van der Waals surface area contributed by atoms with Gasteiger partial charge in [-0.1, -0.05) is 0 Å². The van der Waals surface area contributed by atoms with Crippen LogP contribution in [-0.4, -0.2) is 67.0 Å². The summed E-state index contributed by atoms with van der Waals surface area (Å²) in [5.74, 6) is 0.540. The summed E-state index contributed by atoms with van der Waals surface area (Å²) in [6.45, 7) is 5.41. The van der Waals surface area contributed by atoms with E-state index in [9.17, 15) is 18.0 Å². The molecule has 0 aliphatic heterocycles. The lowest BCUT2D eigenvalue weighted by molar-refractivity contribution is -0.126. The maximum absolute atomic E-state index is 12.9. The number of thiophene rings is 1. The Morgan fingerprint density at radius 2 is 2.00 bits per heavy atom. The number of anilines is 1. The van der Waals surface area contributed by atoms with Gasteiger partial charge in [-0.15, -0.1) is 11.3 Å². The van der Waals surface area contributed by atoms with Gasteiger partial charge in [0.2, 0.25) is 0 Å². The number of halogens is 3. The quantitative estimate of drug-likeness (QED) is 0.580. The van der Waals surface area contributed by atoms with Crippen LogP contribution in [0.25, 0.3) is 10.2 Å². The van der Waals surface area contributed by atoms with Gasteiger partial charge in [-0.2, -0.15) is 13.2 Å².